The Labute approximate surface area is 114 Å². The molecule has 18 heavy (non-hydrogen) atoms. The van der Waals surface area contributed by atoms with Gasteiger partial charge < -0.3 is 19.5 Å². The molecule has 0 aromatic heterocycles. The summed E-state index contributed by atoms with van der Waals surface area (Å²) in [5.74, 6) is 1.56. The quantitative estimate of drug-likeness (QED) is 0.913. The van der Waals surface area contributed by atoms with Crippen molar-refractivity contribution in [1.82, 2.24) is 5.32 Å². The number of rotatable bonds is 4. The Hall–Kier alpha value is -0.970. The lowest BCUT2D eigenvalue weighted by atomic mass is 10.1. The highest BCUT2D eigenvalue weighted by Crippen LogP contribution is 2.30. The standard InChI is InChI=1S/C13H19NO3.ClH/c1-3-17-13-8-10(4-5-12(13)15-2)11-9-16-7-6-14-11;/h4-5,8,11,14H,3,6-7,9H2,1-2H3;1H/t11-;/m0./s1. The summed E-state index contributed by atoms with van der Waals surface area (Å²) in [5.41, 5.74) is 1.17. The Morgan fingerprint density at radius 1 is 1.39 bits per heavy atom. The number of ether oxygens (including phenoxy) is 3. The number of methoxy groups -OCH3 is 1. The molecule has 0 bridgehead atoms. The van der Waals surface area contributed by atoms with Crippen molar-refractivity contribution >= 4 is 12.4 Å². The zero-order valence-electron chi connectivity index (χ0n) is 10.8. The molecular weight excluding hydrogens is 254 g/mol. The molecule has 102 valence electrons. The highest BCUT2D eigenvalue weighted by atomic mass is 35.5. The second-order valence-corrected chi connectivity index (χ2v) is 3.92. The number of morpholine rings is 1. The molecule has 1 aromatic carbocycles. The molecule has 0 amide bonds. The van der Waals surface area contributed by atoms with Gasteiger partial charge in [0.15, 0.2) is 11.5 Å². The van der Waals surface area contributed by atoms with E-state index in [1.54, 1.807) is 7.11 Å². The molecule has 0 unspecified atom stereocenters. The number of benzene rings is 1. The summed E-state index contributed by atoms with van der Waals surface area (Å²) >= 11 is 0. The van der Waals surface area contributed by atoms with Gasteiger partial charge in [-0.25, -0.2) is 0 Å². The lowest BCUT2D eigenvalue weighted by Crippen LogP contribution is -2.34. The van der Waals surface area contributed by atoms with Crippen molar-refractivity contribution in [1.29, 1.82) is 0 Å². The van der Waals surface area contributed by atoms with Gasteiger partial charge in [0.25, 0.3) is 0 Å². The summed E-state index contributed by atoms with van der Waals surface area (Å²) in [6.45, 7) is 4.98. The van der Waals surface area contributed by atoms with Gasteiger partial charge in [0, 0.05) is 6.54 Å². The fraction of sp³-hybridized carbons (Fsp3) is 0.538. The highest BCUT2D eigenvalue weighted by Gasteiger charge is 2.17. The van der Waals surface area contributed by atoms with Crippen molar-refractivity contribution in [2.24, 2.45) is 0 Å². The summed E-state index contributed by atoms with van der Waals surface area (Å²) in [4.78, 5) is 0. The van der Waals surface area contributed by atoms with Crippen molar-refractivity contribution in [2.45, 2.75) is 13.0 Å². The van der Waals surface area contributed by atoms with Crippen molar-refractivity contribution in [3.63, 3.8) is 0 Å². The molecule has 1 aliphatic heterocycles. The minimum absolute atomic E-state index is 0. The van der Waals surface area contributed by atoms with E-state index < -0.39 is 0 Å². The molecule has 0 aliphatic carbocycles. The summed E-state index contributed by atoms with van der Waals surface area (Å²) in [6.07, 6.45) is 0. The van der Waals surface area contributed by atoms with E-state index in [0.717, 1.165) is 24.7 Å². The SMILES string of the molecule is CCOc1cc([C@@H]2COCCN2)ccc1OC.Cl. The summed E-state index contributed by atoms with van der Waals surface area (Å²) < 4.78 is 16.3. The molecule has 1 aliphatic rings. The van der Waals surface area contributed by atoms with E-state index in [0.29, 0.717) is 13.2 Å². The third-order valence-corrected chi connectivity index (χ3v) is 2.81. The molecule has 1 atom stereocenters. The first kappa shape index (κ1) is 15.1. The van der Waals surface area contributed by atoms with Crippen LogP contribution in [-0.2, 0) is 4.74 Å². The number of hydrogen-bond donors (Lipinski definition) is 1. The van der Waals surface area contributed by atoms with Gasteiger partial charge in [-0.2, -0.15) is 0 Å². The Bertz CT molecular complexity index is 367. The van der Waals surface area contributed by atoms with Crippen molar-refractivity contribution in [2.75, 3.05) is 33.5 Å². The Balaban J connectivity index is 0.00000162. The zero-order valence-corrected chi connectivity index (χ0v) is 11.6. The zero-order chi connectivity index (χ0) is 12.1. The van der Waals surface area contributed by atoms with E-state index >= 15 is 0 Å². The van der Waals surface area contributed by atoms with Crippen LogP contribution in [0.5, 0.6) is 11.5 Å². The first-order valence-corrected chi connectivity index (χ1v) is 5.97. The van der Waals surface area contributed by atoms with E-state index in [-0.39, 0.29) is 18.4 Å². The maximum atomic E-state index is 5.57. The van der Waals surface area contributed by atoms with E-state index in [2.05, 4.69) is 5.32 Å². The van der Waals surface area contributed by atoms with Gasteiger partial charge in [0.05, 0.1) is 33.0 Å². The monoisotopic (exact) mass is 273 g/mol. The highest BCUT2D eigenvalue weighted by molar-refractivity contribution is 5.85. The van der Waals surface area contributed by atoms with Crippen LogP contribution in [0, 0.1) is 0 Å². The lowest BCUT2D eigenvalue weighted by Gasteiger charge is -2.24. The van der Waals surface area contributed by atoms with Crippen LogP contribution in [0.2, 0.25) is 0 Å². The Morgan fingerprint density at radius 2 is 2.22 bits per heavy atom. The molecular formula is C13H20ClNO3. The normalized spacial score (nSPS) is 18.9. The fourth-order valence-corrected chi connectivity index (χ4v) is 1.96. The molecule has 0 spiro atoms. The van der Waals surface area contributed by atoms with E-state index in [9.17, 15) is 0 Å². The Morgan fingerprint density at radius 3 is 2.83 bits per heavy atom. The van der Waals surface area contributed by atoms with Crippen LogP contribution in [0.15, 0.2) is 18.2 Å². The average molecular weight is 274 g/mol. The molecule has 1 heterocycles. The van der Waals surface area contributed by atoms with Gasteiger partial charge in [0.2, 0.25) is 0 Å². The minimum atomic E-state index is 0. The van der Waals surface area contributed by atoms with Crippen LogP contribution in [0.3, 0.4) is 0 Å². The summed E-state index contributed by atoms with van der Waals surface area (Å²) in [6, 6.07) is 6.26. The summed E-state index contributed by atoms with van der Waals surface area (Å²) in [5, 5.41) is 3.42. The third-order valence-electron chi connectivity index (χ3n) is 2.81. The largest absolute Gasteiger partial charge is 0.493 e. The van der Waals surface area contributed by atoms with Gasteiger partial charge in [-0.15, -0.1) is 12.4 Å². The second-order valence-electron chi connectivity index (χ2n) is 3.92. The molecule has 5 heteroatoms. The average Bonchev–Trinajstić information content (AvgIpc) is 2.40. The van der Waals surface area contributed by atoms with Crippen LogP contribution in [0.25, 0.3) is 0 Å². The predicted molar refractivity (Wildman–Crippen MR) is 73.0 cm³/mol. The van der Waals surface area contributed by atoms with E-state index in [1.165, 1.54) is 5.56 Å². The van der Waals surface area contributed by atoms with Gasteiger partial charge >= 0.3 is 0 Å². The van der Waals surface area contributed by atoms with Crippen molar-refractivity contribution in [3.05, 3.63) is 23.8 Å². The third kappa shape index (κ3) is 3.51. The first-order valence-electron chi connectivity index (χ1n) is 5.97. The van der Waals surface area contributed by atoms with Gasteiger partial charge in [-0.3, -0.25) is 0 Å². The van der Waals surface area contributed by atoms with Crippen LogP contribution >= 0.6 is 12.4 Å². The van der Waals surface area contributed by atoms with Gasteiger partial charge in [-0.1, -0.05) is 6.07 Å². The van der Waals surface area contributed by atoms with Crippen molar-refractivity contribution < 1.29 is 14.2 Å². The molecule has 1 aromatic rings. The summed E-state index contributed by atoms with van der Waals surface area (Å²) in [7, 11) is 1.65. The van der Waals surface area contributed by atoms with Crippen LogP contribution in [0.4, 0.5) is 0 Å². The number of halogens is 1. The predicted octanol–water partition coefficient (Wildman–Crippen LogP) is 2.18. The molecule has 2 rings (SSSR count). The first-order chi connectivity index (χ1) is 8.35. The van der Waals surface area contributed by atoms with Crippen LogP contribution < -0.4 is 14.8 Å². The smallest absolute Gasteiger partial charge is 0.161 e. The van der Waals surface area contributed by atoms with Gasteiger partial charge in [0.1, 0.15) is 0 Å². The molecule has 1 N–H and O–H groups in total. The maximum Gasteiger partial charge on any atom is 0.161 e. The van der Waals surface area contributed by atoms with Crippen molar-refractivity contribution in [3.8, 4) is 11.5 Å². The molecule has 4 nitrogen and oxygen atoms in total. The molecule has 0 radical (unpaired) electrons. The number of nitrogens with one attached hydrogen (secondary N) is 1. The van der Waals surface area contributed by atoms with E-state index in [4.69, 9.17) is 14.2 Å². The molecule has 0 saturated carbocycles. The maximum absolute atomic E-state index is 5.57. The van der Waals surface area contributed by atoms with E-state index in [1.807, 2.05) is 25.1 Å². The number of hydrogen-bond acceptors (Lipinski definition) is 4. The second kappa shape index (κ2) is 7.46. The Kier molecular flexibility index (Phi) is 6.25. The lowest BCUT2D eigenvalue weighted by molar-refractivity contribution is 0.0768. The van der Waals surface area contributed by atoms with Gasteiger partial charge in [-0.05, 0) is 24.6 Å². The minimum Gasteiger partial charge on any atom is -0.493 e. The fourth-order valence-electron chi connectivity index (χ4n) is 1.96. The molecule has 1 fully saturated rings. The molecule has 1 saturated heterocycles. The van der Waals surface area contributed by atoms with Crippen LogP contribution in [-0.4, -0.2) is 33.5 Å². The topological polar surface area (TPSA) is 39.7 Å². The van der Waals surface area contributed by atoms with Crippen LogP contribution in [0.1, 0.15) is 18.5 Å².